The third kappa shape index (κ3) is 1.29. The molecule has 0 aliphatic rings. The van der Waals surface area contributed by atoms with Gasteiger partial charge < -0.3 is 4.74 Å². The summed E-state index contributed by atoms with van der Waals surface area (Å²) in [6.45, 7) is 3.68. The van der Waals surface area contributed by atoms with E-state index in [1.54, 1.807) is 17.9 Å². The van der Waals surface area contributed by atoms with Gasteiger partial charge in [0.1, 0.15) is 5.52 Å². The van der Waals surface area contributed by atoms with Crippen molar-refractivity contribution < 1.29 is 4.74 Å². The molecule has 0 radical (unpaired) electrons. The second-order valence-electron chi connectivity index (χ2n) is 2.88. The van der Waals surface area contributed by atoms with Gasteiger partial charge in [-0.15, -0.1) is 5.10 Å². The molecule has 0 spiro atoms. The number of hydrogen-bond donors (Lipinski definition) is 0. The van der Waals surface area contributed by atoms with Gasteiger partial charge in [-0.05, 0) is 18.2 Å². The van der Waals surface area contributed by atoms with Gasteiger partial charge in [0, 0.05) is 7.11 Å². The minimum absolute atomic E-state index is 0.262. The number of fused-ring (bicyclic) bond motifs is 1. The molecule has 0 aliphatic heterocycles. The summed E-state index contributed by atoms with van der Waals surface area (Å²) in [7, 11) is 1.61. The summed E-state index contributed by atoms with van der Waals surface area (Å²) in [4.78, 5) is 0. The van der Waals surface area contributed by atoms with Crippen molar-refractivity contribution in [3.63, 3.8) is 0 Å². The third-order valence-electron chi connectivity index (χ3n) is 2.06. The van der Waals surface area contributed by atoms with E-state index in [2.05, 4.69) is 16.9 Å². The van der Waals surface area contributed by atoms with Crippen molar-refractivity contribution >= 4 is 11.0 Å². The van der Waals surface area contributed by atoms with E-state index in [9.17, 15) is 0 Å². The minimum Gasteiger partial charge on any atom is -0.356 e. The van der Waals surface area contributed by atoms with Crippen LogP contribution in [0.4, 0.5) is 0 Å². The molecule has 0 N–H and O–H groups in total. The Bertz CT molecular complexity index is 449. The molecular weight excluding hydrogens is 178 g/mol. The van der Waals surface area contributed by atoms with E-state index in [4.69, 9.17) is 4.74 Å². The molecule has 72 valence electrons. The summed E-state index contributed by atoms with van der Waals surface area (Å²) < 4.78 is 6.89. The Morgan fingerprint density at radius 2 is 2.29 bits per heavy atom. The number of hydrogen-bond acceptors (Lipinski definition) is 3. The Kier molecular flexibility index (Phi) is 2.28. The molecule has 0 bridgehead atoms. The molecule has 1 unspecified atom stereocenters. The Morgan fingerprint density at radius 1 is 1.50 bits per heavy atom. The van der Waals surface area contributed by atoms with Gasteiger partial charge in [0.25, 0.3) is 0 Å². The summed E-state index contributed by atoms with van der Waals surface area (Å²) in [6.07, 6.45) is 1.42. The Morgan fingerprint density at radius 3 is 3.00 bits per heavy atom. The van der Waals surface area contributed by atoms with Gasteiger partial charge in [-0.1, -0.05) is 23.9 Å². The van der Waals surface area contributed by atoms with Crippen LogP contribution in [0.3, 0.4) is 0 Å². The monoisotopic (exact) mass is 189 g/mol. The summed E-state index contributed by atoms with van der Waals surface area (Å²) in [6, 6.07) is 7.73. The van der Waals surface area contributed by atoms with Crippen molar-refractivity contribution in [3.8, 4) is 0 Å². The standard InChI is InChI=1S/C10H11N3O/c1-3-10(14-2)13-9-7-5-4-6-8(9)11-12-13/h3-7,10H,1H2,2H3. The highest BCUT2D eigenvalue weighted by molar-refractivity contribution is 5.73. The number of benzene rings is 1. The quantitative estimate of drug-likeness (QED) is 0.691. The molecule has 2 aromatic rings. The number of ether oxygens (including phenoxy) is 1. The molecule has 0 saturated heterocycles. The largest absolute Gasteiger partial charge is 0.356 e. The summed E-state index contributed by atoms with van der Waals surface area (Å²) >= 11 is 0. The molecule has 1 aromatic heterocycles. The second kappa shape index (κ2) is 3.59. The highest BCUT2D eigenvalue weighted by Gasteiger charge is 2.10. The fourth-order valence-corrected chi connectivity index (χ4v) is 1.37. The van der Waals surface area contributed by atoms with E-state index in [1.165, 1.54) is 0 Å². The molecule has 14 heavy (non-hydrogen) atoms. The molecule has 0 saturated carbocycles. The third-order valence-corrected chi connectivity index (χ3v) is 2.06. The smallest absolute Gasteiger partial charge is 0.170 e. The van der Waals surface area contributed by atoms with Crippen LogP contribution in [-0.4, -0.2) is 22.1 Å². The molecule has 4 heteroatoms. The summed E-state index contributed by atoms with van der Waals surface area (Å²) in [5, 5.41) is 8.03. The van der Waals surface area contributed by atoms with Crippen molar-refractivity contribution in [1.82, 2.24) is 15.0 Å². The molecule has 1 aromatic carbocycles. The van der Waals surface area contributed by atoms with Crippen LogP contribution < -0.4 is 0 Å². The molecule has 0 aliphatic carbocycles. The van der Waals surface area contributed by atoms with E-state index in [0.29, 0.717) is 0 Å². The molecule has 0 amide bonds. The number of aromatic nitrogens is 3. The first-order valence-electron chi connectivity index (χ1n) is 4.32. The predicted molar refractivity (Wildman–Crippen MR) is 53.8 cm³/mol. The van der Waals surface area contributed by atoms with Crippen LogP contribution in [0.15, 0.2) is 36.9 Å². The van der Waals surface area contributed by atoms with E-state index in [1.807, 2.05) is 24.3 Å². The van der Waals surface area contributed by atoms with Crippen LogP contribution in [0.1, 0.15) is 6.23 Å². The van der Waals surface area contributed by atoms with Gasteiger partial charge in [-0.25, -0.2) is 4.68 Å². The fourth-order valence-electron chi connectivity index (χ4n) is 1.37. The second-order valence-corrected chi connectivity index (χ2v) is 2.88. The zero-order valence-electron chi connectivity index (χ0n) is 7.92. The Labute approximate surface area is 81.8 Å². The average Bonchev–Trinajstić information content (AvgIpc) is 2.65. The van der Waals surface area contributed by atoms with Gasteiger partial charge in [-0.3, -0.25) is 0 Å². The van der Waals surface area contributed by atoms with Crippen molar-refractivity contribution in [1.29, 1.82) is 0 Å². The molecule has 2 rings (SSSR count). The fraction of sp³-hybridized carbons (Fsp3) is 0.200. The van der Waals surface area contributed by atoms with Crippen LogP contribution >= 0.6 is 0 Å². The summed E-state index contributed by atoms with van der Waals surface area (Å²) in [5.41, 5.74) is 1.80. The molecule has 1 heterocycles. The van der Waals surface area contributed by atoms with Crippen LogP contribution in [0, 0.1) is 0 Å². The zero-order valence-corrected chi connectivity index (χ0v) is 7.92. The highest BCUT2D eigenvalue weighted by Crippen LogP contribution is 2.16. The van der Waals surface area contributed by atoms with Gasteiger partial charge in [0.15, 0.2) is 6.23 Å². The number of para-hydroxylation sites is 1. The average molecular weight is 189 g/mol. The lowest BCUT2D eigenvalue weighted by Crippen LogP contribution is -2.09. The molecule has 1 atom stereocenters. The SMILES string of the molecule is C=CC(OC)n1nnc2ccccc21. The molecule has 4 nitrogen and oxygen atoms in total. The first-order chi connectivity index (χ1) is 6.86. The zero-order chi connectivity index (χ0) is 9.97. The molecular formula is C10H11N3O. The van der Waals surface area contributed by atoms with Crippen molar-refractivity contribution in [3.05, 3.63) is 36.9 Å². The van der Waals surface area contributed by atoms with Gasteiger partial charge in [-0.2, -0.15) is 0 Å². The lowest BCUT2D eigenvalue weighted by atomic mass is 10.3. The van der Waals surface area contributed by atoms with Gasteiger partial charge >= 0.3 is 0 Å². The molecule has 0 fully saturated rings. The lowest BCUT2D eigenvalue weighted by Gasteiger charge is -2.10. The van der Waals surface area contributed by atoms with E-state index in [0.717, 1.165) is 11.0 Å². The van der Waals surface area contributed by atoms with Crippen molar-refractivity contribution in [2.45, 2.75) is 6.23 Å². The Balaban J connectivity index is 2.57. The highest BCUT2D eigenvalue weighted by atomic mass is 16.5. The first-order valence-corrected chi connectivity index (χ1v) is 4.32. The maximum absolute atomic E-state index is 5.19. The number of methoxy groups -OCH3 is 1. The minimum atomic E-state index is -0.262. The topological polar surface area (TPSA) is 39.9 Å². The van der Waals surface area contributed by atoms with Crippen LogP contribution in [0.5, 0.6) is 0 Å². The van der Waals surface area contributed by atoms with E-state index >= 15 is 0 Å². The first kappa shape index (κ1) is 8.90. The van der Waals surface area contributed by atoms with Crippen LogP contribution in [-0.2, 0) is 4.74 Å². The normalized spacial score (nSPS) is 12.9. The van der Waals surface area contributed by atoms with Gasteiger partial charge in [0.2, 0.25) is 0 Å². The van der Waals surface area contributed by atoms with Gasteiger partial charge in [0.05, 0.1) is 5.52 Å². The van der Waals surface area contributed by atoms with Crippen LogP contribution in [0.2, 0.25) is 0 Å². The predicted octanol–water partition coefficient (Wildman–Crippen LogP) is 1.76. The van der Waals surface area contributed by atoms with E-state index in [-0.39, 0.29) is 6.23 Å². The lowest BCUT2D eigenvalue weighted by molar-refractivity contribution is 0.0770. The maximum atomic E-state index is 5.19. The maximum Gasteiger partial charge on any atom is 0.170 e. The number of nitrogens with zero attached hydrogens (tertiary/aromatic N) is 3. The van der Waals surface area contributed by atoms with E-state index < -0.39 is 0 Å². The van der Waals surface area contributed by atoms with Crippen molar-refractivity contribution in [2.24, 2.45) is 0 Å². The van der Waals surface area contributed by atoms with Crippen molar-refractivity contribution in [2.75, 3.05) is 7.11 Å². The summed E-state index contributed by atoms with van der Waals surface area (Å²) in [5.74, 6) is 0. The van der Waals surface area contributed by atoms with Crippen LogP contribution in [0.25, 0.3) is 11.0 Å². The Hall–Kier alpha value is -1.68. The number of rotatable bonds is 3.